The highest BCUT2D eigenvalue weighted by Gasteiger charge is 2.07. The molecule has 1 aromatic heterocycles. The number of nitrogens with zero attached hydrogens (tertiary/aromatic N) is 1. The zero-order valence-electron chi connectivity index (χ0n) is 11.1. The maximum absolute atomic E-state index is 11.2. The predicted octanol–water partition coefficient (Wildman–Crippen LogP) is 2.96. The monoisotopic (exact) mass is 353 g/mol. The van der Waals surface area contributed by atoms with Gasteiger partial charge in [-0.05, 0) is 46.5 Å². The largest absolute Gasteiger partial charge is 0.327 e. The second-order valence-corrected chi connectivity index (χ2v) is 6.36. The van der Waals surface area contributed by atoms with Crippen LogP contribution in [-0.4, -0.2) is 16.0 Å². The van der Waals surface area contributed by atoms with Gasteiger partial charge in [0.2, 0.25) is 0 Å². The minimum absolute atomic E-state index is 0.149. The van der Waals surface area contributed by atoms with Crippen LogP contribution in [0.4, 0.5) is 0 Å². The Morgan fingerprint density at radius 3 is 2.90 bits per heavy atom. The second-order valence-electron chi connectivity index (χ2n) is 4.48. The average Bonchev–Trinajstić information content (AvgIpc) is 2.42. The van der Waals surface area contributed by atoms with E-state index in [-0.39, 0.29) is 11.6 Å². The molecule has 3 N–H and O–H groups in total. The molecule has 1 atom stereocenters. The summed E-state index contributed by atoms with van der Waals surface area (Å²) in [6, 6.07) is 7.73. The number of aromatic nitrogens is 2. The fraction of sp³-hybridized carbons (Fsp3) is 0.286. The summed E-state index contributed by atoms with van der Waals surface area (Å²) in [7, 11) is 0. The zero-order chi connectivity index (χ0) is 14.5. The third kappa shape index (κ3) is 4.19. The highest BCUT2D eigenvalue weighted by molar-refractivity contribution is 9.10. The molecule has 0 saturated carbocycles. The molecule has 0 aliphatic heterocycles. The van der Waals surface area contributed by atoms with Crippen molar-refractivity contribution in [1.82, 2.24) is 9.97 Å². The minimum atomic E-state index is -0.149. The summed E-state index contributed by atoms with van der Waals surface area (Å²) in [5.41, 5.74) is 7.01. The van der Waals surface area contributed by atoms with Crippen molar-refractivity contribution in [2.24, 2.45) is 5.73 Å². The quantitative estimate of drug-likeness (QED) is 0.810. The highest BCUT2D eigenvalue weighted by atomic mass is 79.9. The summed E-state index contributed by atoms with van der Waals surface area (Å²) in [6.45, 7) is 2.08. The van der Waals surface area contributed by atoms with Crippen molar-refractivity contribution in [3.05, 3.63) is 50.9 Å². The summed E-state index contributed by atoms with van der Waals surface area (Å²) >= 11 is 4.97. The maximum Gasteiger partial charge on any atom is 0.251 e. The number of benzene rings is 1. The number of halogens is 1. The molecule has 0 bridgehead atoms. The van der Waals surface area contributed by atoms with Crippen LogP contribution in [0.25, 0.3) is 0 Å². The number of hydrogen-bond donors (Lipinski definition) is 2. The SMILES string of the molecule is CCC(N)Cc1ccc(Sc2nccc(=O)[nH]2)c(Br)c1. The third-order valence-electron chi connectivity index (χ3n) is 2.87. The maximum atomic E-state index is 11.2. The van der Waals surface area contributed by atoms with Crippen molar-refractivity contribution < 1.29 is 0 Å². The molecule has 6 heteroatoms. The Morgan fingerprint density at radius 2 is 2.25 bits per heavy atom. The molecule has 1 aromatic carbocycles. The van der Waals surface area contributed by atoms with Gasteiger partial charge in [-0.1, -0.05) is 24.8 Å². The van der Waals surface area contributed by atoms with Crippen molar-refractivity contribution in [2.75, 3.05) is 0 Å². The van der Waals surface area contributed by atoms with Crippen molar-refractivity contribution in [2.45, 2.75) is 35.9 Å². The molecule has 2 rings (SSSR count). The molecule has 0 aliphatic carbocycles. The van der Waals surface area contributed by atoms with Crippen molar-refractivity contribution in [1.29, 1.82) is 0 Å². The zero-order valence-corrected chi connectivity index (χ0v) is 13.5. The smallest absolute Gasteiger partial charge is 0.251 e. The first-order chi connectivity index (χ1) is 9.58. The number of H-pyrrole nitrogens is 1. The molecule has 2 aromatic rings. The summed E-state index contributed by atoms with van der Waals surface area (Å²) in [5.74, 6) is 0. The summed E-state index contributed by atoms with van der Waals surface area (Å²) < 4.78 is 0.981. The Kier molecular flexibility index (Phi) is 5.39. The summed E-state index contributed by atoms with van der Waals surface area (Å²) in [5, 5.41) is 0.580. The molecular weight excluding hydrogens is 338 g/mol. The molecule has 0 saturated heterocycles. The van der Waals surface area contributed by atoms with Gasteiger partial charge >= 0.3 is 0 Å². The lowest BCUT2D eigenvalue weighted by Gasteiger charge is -2.10. The summed E-state index contributed by atoms with van der Waals surface area (Å²) in [6.07, 6.45) is 3.33. The van der Waals surface area contributed by atoms with E-state index in [9.17, 15) is 4.79 Å². The van der Waals surface area contributed by atoms with Crippen molar-refractivity contribution >= 4 is 27.7 Å². The van der Waals surface area contributed by atoms with Gasteiger partial charge < -0.3 is 10.7 Å². The van der Waals surface area contributed by atoms with E-state index < -0.39 is 0 Å². The average molecular weight is 354 g/mol. The molecule has 1 unspecified atom stereocenters. The lowest BCUT2D eigenvalue weighted by Crippen LogP contribution is -2.21. The molecule has 0 aliphatic rings. The first-order valence-corrected chi connectivity index (χ1v) is 7.96. The summed E-state index contributed by atoms with van der Waals surface area (Å²) in [4.78, 5) is 19.1. The minimum Gasteiger partial charge on any atom is -0.327 e. The van der Waals surface area contributed by atoms with Crippen LogP contribution in [0.1, 0.15) is 18.9 Å². The standard InChI is InChI=1S/C14H16BrN3OS/c1-2-10(16)7-9-3-4-12(11(15)8-9)20-14-17-6-5-13(19)18-14/h3-6,8,10H,2,7,16H2,1H3,(H,17,18,19). The molecule has 0 fully saturated rings. The van der Waals surface area contributed by atoms with E-state index in [0.717, 1.165) is 22.2 Å². The molecule has 1 heterocycles. The molecule has 0 spiro atoms. The lowest BCUT2D eigenvalue weighted by molar-refractivity contribution is 0.646. The number of hydrogen-bond acceptors (Lipinski definition) is 4. The Bertz CT molecular complexity index is 644. The predicted molar refractivity (Wildman–Crippen MR) is 85.1 cm³/mol. The van der Waals surface area contributed by atoms with Gasteiger partial charge in [0.05, 0.1) is 0 Å². The van der Waals surface area contributed by atoms with Crippen LogP contribution in [-0.2, 0) is 6.42 Å². The first kappa shape index (κ1) is 15.3. The third-order valence-corrected chi connectivity index (χ3v) is 4.77. The van der Waals surface area contributed by atoms with Crippen molar-refractivity contribution in [3.8, 4) is 0 Å². The van der Waals surface area contributed by atoms with E-state index >= 15 is 0 Å². The van der Waals surface area contributed by atoms with Gasteiger partial charge in [0.1, 0.15) is 0 Å². The Labute approximate surface area is 130 Å². The van der Waals surface area contributed by atoms with E-state index in [1.54, 1.807) is 0 Å². The lowest BCUT2D eigenvalue weighted by atomic mass is 10.1. The molecule has 0 radical (unpaired) electrons. The van der Waals surface area contributed by atoms with Crippen LogP contribution in [0.15, 0.2) is 49.8 Å². The van der Waals surface area contributed by atoms with Crippen LogP contribution >= 0.6 is 27.7 Å². The van der Waals surface area contributed by atoms with E-state index in [0.29, 0.717) is 5.16 Å². The fourth-order valence-electron chi connectivity index (χ4n) is 1.71. The van der Waals surface area contributed by atoms with E-state index in [1.165, 1.54) is 29.6 Å². The normalized spacial score (nSPS) is 12.3. The van der Waals surface area contributed by atoms with Gasteiger partial charge in [-0.3, -0.25) is 4.79 Å². The van der Waals surface area contributed by atoms with Crippen molar-refractivity contribution in [3.63, 3.8) is 0 Å². The van der Waals surface area contributed by atoms with Crippen LogP contribution in [0, 0.1) is 0 Å². The van der Waals surface area contributed by atoms with Gasteiger partial charge in [-0.15, -0.1) is 0 Å². The molecule has 20 heavy (non-hydrogen) atoms. The molecule has 4 nitrogen and oxygen atoms in total. The molecule has 106 valence electrons. The van der Waals surface area contributed by atoms with Gasteiger partial charge in [0.25, 0.3) is 5.56 Å². The van der Waals surface area contributed by atoms with E-state index in [1.807, 2.05) is 6.07 Å². The first-order valence-electron chi connectivity index (χ1n) is 6.35. The fourth-order valence-corrected chi connectivity index (χ4v) is 3.14. The van der Waals surface area contributed by atoms with Gasteiger partial charge in [-0.25, -0.2) is 4.98 Å². The van der Waals surface area contributed by atoms with Crippen LogP contribution in [0.3, 0.4) is 0 Å². The Balaban J connectivity index is 2.15. The van der Waals surface area contributed by atoms with E-state index in [4.69, 9.17) is 5.73 Å². The van der Waals surface area contributed by atoms with Crippen LogP contribution in [0.5, 0.6) is 0 Å². The van der Waals surface area contributed by atoms with Gasteiger partial charge in [-0.2, -0.15) is 0 Å². The number of rotatable bonds is 5. The number of nitrogens with two attached hydrogens (primary N) is 1. The Hall–Kier alpha value is -1.11. The number of nitrogens with one attached hydrogen (secondary N) is 1. The van der Waals surface area contributed by atoms with Gasteiger partial charge in [0, 0.05) is 27.7 Å². The van der Waals surface area contributed by atoms with E-state index in [2.05, 4.69) is 45.0 Å². The second kappa shape index (κ2) is 7.06. The Morgan fingerprint density at radius 1 is 1.45 bits per heavy atom. The molecule has 0 amide bonds. The van der Waals surface area contributed by atoms with Gasteiger partial charge in [0.15, 0.2) is 5.16 Å². The molecular formula is C14H16BrN3OS. The van der Waals surface area contributed by atoms with Crippen LogP contribution < -0.4 is 11.3 Å². The number of aromatic amines is 1. The topological polar surface area (TPSA) is 71.8 Å². The van der Waals surface area contributed by atoms with Crippen LogP contribution in [0.2, 0.25) is 0 Å². The highest BCUT2D eigenvalue weighted by Crippen LogP contribution is 2.31.